The summed E-state index contributed by atoms with van der Waals surface area (Å²) in [7, 11) is 0. The first kappa shape index (κ1) is 16.6. The molecule has 0 radical (unpaired) electrons. The zero-order valence-electron chi connectivity index (χ0n) is 15.0. The van der Waals surface area contributed by atoms with Crippen molar-refractivity contribution in [2.24, 2.45) is 0 Å². The number of hydrogen-bond acceptors (Lipinski definition) is 3. The van der Waals surface area contributed by atoms with Crippen LogP contribution in [-0.4, -0.2) is 27.8 Å². The number of fused-ring (bicyclic) bond motifs is 1. The predicted octanol–water partition coefficient (Wildman–Crippen LogP) is 4.57. The molecule has 136 valence electrons. The molecule has 3 aromatic rings. The molecule has 1 fully saturated rings. The smallest absolute Gasteiger partial charge is 0.237 e. The fraction of sp³-hybridized carbons (Fsp3) is 0.273. The zero-order valence-corrected chi connectivity index (χ0v) is 15.9. The third-order valence-electron chi connectivity index (χ3n) is 5.26. The summed E-state index contributed by atoms with van der Waals surface area (Å²) in [4.78, 5) is 19.4. The van der Waals surface area contributed by atoms with Gasteiger partial charge in [0.2, 0.25) is 5.91 Å². The van der Waals surface area contributed by atoms with Crippen molar-refractivity contribution in [3.63, 3.8) is 0 Å². The Hall–Kier alpha value is -2.53. The minimum Gasteiger partial charge on any atom is -0.316 e. The van der Waals surface area contributed by atoms with Crippen LogP contribution in [-0.2, 0) is 11.2 Å². The normalized spacial score (nSPS) is 15.8. The molecule has 1 aromatic heterocycles. The van der Waals surface area contributed by atoms with E-state index in [1.807, 2.05) is 35.4 Å². The SMILES string of the molecule is O=C(CSc1ncc(-c2ccccc2)n1C1CC1)N1CCc2ccccc21. The van der Waals surface area contributed by atoms with Gasteiger partial charge in [-0.2, -0.15) is 0 Å². The van der Waals surface area contributed by atoms with Crippen molar-refractivity contribution in [1.82, 2.24) is 9.55 Å². The van der Waals surface area contributed by atoms with Crippen LogP contribution < -0.4 is 4.90 Å². The average Bonchev–Trinajstić information content (AvgIpc) is 3.31. The van der Waals surface area contributed by atoms with E-state index in [1.165, 1.54) is 24.0 Å². The molecular weight excluding hydrogens is 354 g/mol. The maximum atomic E-state index is 12.8. The fourth-order valence-electron chi connectivity index (χ4n) is 3.76. The first-order chi connectivity index (χ1) is 13.3. The second-order valence-corrected chi connectivity index (χ2v) is 8.05. The Kier molecular flexibility index (Phi) is 4.24. The highest BCUT2D eigenvalue weighted by Gasteiger charge is 2.30. The summed E-state index contributed by atoms with van der Waals surface area (Å²) >= 11 is 1.56. The first-order valence-corrected chi connectivity index (χ1v) is 10.4. The van der Waals surface area contributed by atoms with Gasteiger partial charge < -0.3 is 9.47 Å². The summed E-state index contributed by atoms with van der Waals surface area (Å²) in [6.07, 6.45) is 5.28. The van der Waals surface area contributed by atoms with Crippen molar-refractivity contribution in [3.8, 4) is 11.3 Å². The second-order valence-electron chi connectivity index (χ2n) is 7.11. The molecule has 1 aliphatic carbocycles. The van der Waals surface area contributed by atoms with E-state index >= 15 is 0 Å². The molecule has 2 aromatic carbocycles. The lowest BCUT2D eigenvalue weighted by Crippen LogP contribution is -2.30. The van der Waals surface area contributed by atoms with Gasteiger partial charge >= 0.3 is 0 Å². The third kappa shape index (κ3) is 3.16. The molecule has 2 heterocycles. The molecule has 0 N–H and O–H groups in total. The van der Waals surface area contributed by atoms with E-state index in [-0.39, 0.29) is 5.91 Å². The number of thioether (sulfide) groups is 1. The van der Waals surface area contributed by atoms with E-state index in [2.05, 4.69) is 39.9 Å². The number of amides is 1. The second kappa shape index (κ2) is 6.89. The summed E-state index contributed by atoms with van der Waals surface area (Å²) in [6.45, 7) is 0.783. The number of carbonyl (C=O) groups is 1. The summed E-state index contributed by atoms with van der Waals surface area (Å²) in [5.41, 5.74) is 4.67. The topological polar surface area (TPSA) is 38.1 Å². The predicted molar refractivity (Wildman–Crippen MR) is 109 cm³/mol. The van der Waals surface area contributed by atoms with Crippen LogP contribution in [0.3, 0.4) is 0 Å². The van der Waals surface area contributed by atoms with Crippen molar-refractivity contribution >= 4 is 23.4 Å². The Balaban J connectivity index is 1.35. The highest BCUT2D eigenvalue weighted by Crippen LogP contribution is 2.42. The molecule has 0 spiro atoms. The van der Waals surface area contributed by atoms with Crippen molar-refractivity contribution < 1.29 is 4.79 Å². The number of aromatic nitrogens is 2. The molecule has 1 amide bonds. The largest absolute Gasteiger partial charge is 0.316 e. The van der Waals surface area contributed by atoms with E-state index in [4.69, 9.17) is 0 Å². The number of carbonyl (C=O) groups excluding carboxylic acids is 1. The summed E-state index contributed by atoms with van der Waals surface area (Å²) < 4.78 is 2.32. The van der Waals surface area contributed by atoms with Crippen molar-refractivity contribution in [2.75, 3.05) is 17.2 Å². The van der Waals surface area contributed by atoms with Gasteiger partial charge in [-0.1, -0.05) is 60.3 Å². The Morgan fingerprint density at radius 1 is 1.07 bits per heavy atom. The van der Waals surface area contributed by atoms with E-state index in [0.29, 0.717) is 11.8 Å². The molecular formula is C22H21N3OS. The zero-order chi connectivity index (χ0) is 18.2. The number of imidazole rings is 1. The highest BCUT2D eigenvalue weighted by molar-refractivity contribution is 7.99. The number of para-hydroxylation sites is 1. The number of anilines is 1. The van der Waals surface area contributed by atoms with Gasteiger partial charge in [0.05, 0.1) is 17.6 Å². The van der Waals surface area contributed by atoms with Crippen molar-refractivity contribution in [1.29, 1.82) is 0 Å². The molecule has 0 atom stereocenters. The minimum atomic E-state index is 0.163. The number of nitrogens with zero attached hydrogens (tertiary/aromatic N) is 3. The van der Waals surface area contributed by atoms with E-state index in [9.17, 15) is 4.79 Å². The third-order valence-corrected chi connectivity index (χ3v) is 6.21. The molecule has 0 saturated heterocycles. The minimum absolute atomic E-state index is 0.163. The number of hydrogen-bond donors (Lipinski definition) is 0. The van der Waals surface area contributed by atoms with Crippen LogP contribution >= 0.6 is 11.8 Å². The van der Waals surface area contributed by atoms with Crippen LogP contribution in [0.5, 0.6) is 0 Å². The number of rotatable bonds is 5. The molecule has 5 heteroatoms. The standard InChI is InChI=1S/C22H21N3OS/c26-21(24-13-12-17-8-4-5-9-19(17)24)15-27-22-23-14-20(25(22)18-10-11-18)16-6-2-1-3-7-16/h1-9,14,18H,10-13,15H2. The summed E-state index contributed by atoms with van der Waals surface area (Å²) in [5, 5.41) is 0.956. The van der Waals surface area contributed by atoms with E-state index < -0.39 is 0 Å². The highest BCUT2D eigenvalue weighted by atomic mass is 32.2. The monoisotopic (exact) mass is 375 g/mol. The lowest BCUT2D eigenvalue weighted by atomic mass is 10.2. The average molecular weight is 375 g/mol. The van der Waals surface area contributed by atoms with Gasteiger partial charge in [-0.25, -0.2) is 4.98 Å². The molecule has 0 bridgehead atoms. The molecule has 4 nitrogen and oxygen atoms in total. The van der Waals surface area contributed by atoms with Gasteiger partial charge in [-0.15, -0.1) is 0 Å². The van der Waals surface area contributed by atoms with Crippen molar-refractivity contribution in [3.05, 3.63) is 66.4 Å². The van der Waals surface area contributed by atoms with Crippen LogP contribution in [0.1, 0.15) is 24.4 Å². The van der Waals surface area contributed by atoms with Gasteiger partial charge in [-0.3, -0.25) is 4.79 Å². The van der Waals surface area contributed by atoms with Crippen LogP contribution in [0.25, 0.3) is 11.3 Å². The lowest BCUT2D eigenvalue weighted by molar-refractivity contribution is -0.116. The molecule has 2 aliphatic rings. The van der Waals surface area contributed by atoms with E-state index in [0.717, 1.165) is 29.5 Å². The van der Waals surface area contributed by atoms with Crippen molar-refractivity contribution in [2.45, 2.75) is 30.5 Å². The fourth-order valence-corrected chi connectivity index (χ4v) is 4.68. The molecule has 1 aliphatic heterocycles. The van der Waals surface area contributed by atoms with Gasteiger partial charge in [0, 0.05) is 18.3 Å². The maximum absolute atomic E-state index is 12.8. The van der Waals surface area contributed by atoms with Gasteiger partial charge in [0.15, 0.2) is 5.16 Å². The lowest BCUT2D eigenvalue weighted by Gasteiger charge is -2.17. The van der Waals surface area contributed by atoms with E-state index in [1.54, 1.807) is 11.8 Å². The van der Waals surface area contributed by atoms with Crippen LogP contribution in [0.4, 0.5) is 5.69 Å². The Morgan fingerprint density at radius 3 is 2.67 bits per heavy atom. The summed E-state index contributed by atoms with van der Waals surface area (Å²) in [5.74, 6) is 0.586. The summed E-state index contributed by atoms with van der Waals surface area (Å²) in [6, 6.07) is 19.1. The van der Waals surface area contributed by atoms with Crippen LogP contribution in [0.2, 0.25) is 0 Å². The maximum Gasteiger partial charge on any atom is 0.237 e. The Morgan fingerprint density at radius 2 is 1.85 bits per heavy atom. The molecule has 5 rings (SSSR count). The Labute approximate surface area is 163 Å². The van der Waals surface area contributed by atoms with Crippen LogP contribution in [0.15, 0.2) is 66.0 Å². The molecule has 0 unspecified atom stereocenters. The Bertz CT molecular complexity index is 978. The van der Waals surface area contributed by atoms with Gasteiger partial charge in [0.1, 0.15) is 0 Å². The molecule has 1 saturated carbocycles. The number of benzene rings is 2. The first-order valence-electron chi connectivity index (χ1n) is 9.45. The van der Waals surface area contributed by atoms with Gasteiger partial charge in [-0.05, 0) is 36.5 Å². The van der Waals surface area contributed by atoms with Crippen LogP contribution in [0, 0.1) is 0 Å². The van der Waals surface area contributed by atoms with Gasteiger partial charge in [0.25, 0.3) is 0 Å². The quantitative estimate of drug-likeness (QED) is 0.613. The molecule has 27 heavy (non-hydrogen) atoms.